The molecule has 3 rings (SSSR count). The molecule has 6 heteroatoms. The number of rotatable bonds is 1. The van der Waals surface area contributed by atoms with Gasteiger partial charge in [-0.1, -0.05) is 12.1 Å². The van der Waals surface area contributed by atoms with Crippen molar-refractivity contribution in [1.82, 2.24) is 4.90 Å². The molecule has 0 aromatic heterocycles. The quantitative estimate of drug-likeness (QED) is 0.849. The molecule has 1 fully saturated rings. The first-order valence-corrected chi connectivity index (χ1v) is 9.24. The van der Waals surface area contributed by atoms with E-state index in [2.05, 4.69) is 5.32 Å². The van der Waals surface area contributed by atoms with Gasteiger partial charge in [0.1, 0.15) is 0 Å². The van der Waals surface area contributed by atoms with Crippen LogP contribution in [-0.4, -0.2) is 50.4 Å². The van der Waals surface area contributed by atoms with Gasteiger partial charge >= 0.3 is 0 Å². The van der Waals surface area contributed by atoms with E-state index in [0.717, 1.165) is 25.1 Å². The Bertz CT molecular complexity index is 655. The van der Waals surface area contributed by atoms with Gasteiger partial charge in [-0.2, -0.15) is 0 Å². The number of anilines is 1. The minimum atomic E-state index is -2.99. The number of carbonyl (C=O) groups is 1. The Morgan fingerprint density at radius 3 is 2.86 bits per heavy atom. The second-order valence-corrected chi connectivity index (χ2v) is 7.97. The number of hydrogen-bond donors (Lipinski definition) is 1. The Labute approximate surface area is 125 Å². The fraction of sp³-hybridized carbons (Fsp3) is 0.533. The lowest BCUT2D eigenvalue weighted by molar-refractivity contribution is 0.0769. The zero-order valence-electron chi connectivity index (χ0n) is 12.0. The lowest BCUT2D eigenvalue weighted by Gasteiger charge is -2.25. The van der Waals surface area contributed by atoms with Crippen LogP contribution in [0.2, 0.25) is 0 Å². The maximum atomic E-state index is 12.7. The third-order valence-corrected chi connectivity index (χ3v) is 5.86. The maximum Gasteiger partial charge on any atom is 0.255 e. The summed E-state index contributed by atoms with van der Waals surface area (Å²) in [5.41, 5.74) is 2.78. The molecule has 114 valence electrons. The van der Waals surface area contributed by atoms with E-state index in [4.69, 9.17) is 0 Å². The Kier molecular flexibility index (Phi) is 3.89. The fourth-order valence-corrected chi connectivity index (χ4v) is 4.27. The average Bonchev–Trinajstić information content (AvgIpc) is 2.67. The number of benzene rings is 1. The highest BCUT2D eigenvalue weighted by atomic mass is 32.2. The number of hydrogen-bond acceptors (Lipinski definition) is 4. The van der Waals surface area contributed by atoms with Crippen LogP contribution in [0, 0.1) is 0 Å². The number of para-hydroxylation sites is 1. The normalized spacial score (nSPS) is 21.0. The van der Waals surface area contributed by atoms with Gasteiger partial charge in [0.25, 0.3) is 5.91 Å². The summed E-state index contributed by atoms with van der Waals surface area (Å²) in [4.78, 5) is 14.4. The zero-order valence-corrected chi connectivity index (χ0v) is 12.8. The molecule has 2 aliphatic heterocycles. The van der Waals surface area contributed by atoms with Crippen LogP contribution >= 0.6 is 0 Å². The molecule has 0 aliphatic carbocycles. The predicted molar refractivity (Wildman–Crippen MR) is 82.4 cm³/mol. The van der Waals surface area contributed by atoms with Crippen LogP contribution in [0.5, 0.6) is 0 Å². The van der Waals surface area contributed by atoms with Crippen LogP contribution < -0.4 is 5.32 Å². The van der Waals surface area contributed by atoms with Crippen LogP contribution in [0.4, 0.5) is 5.69 Å². The Morgan fingerprint density at radius 2 is 2.00 bits per heavy atom. The van der Waals surface area contributed by atoms with Crippen molar-refractivity contribution in [2.24, 2.45) is 0 Å². The van der Waals surface area contributed by atoms with Crippen molar-refractivity contribution in [3.05, 3.63) is 29.3 Å². The van der Waals surface area contributed by atoms with E-state index in [0.29, 0.717) is 25.1 Å². The number of nitrogens with zero attached hydrogens (tertiary/aromatic N) is 1. The molecule has 1 saturated heterocycles. The summed E-state index contributed by atoms with van der Waals surface area (Å²) in [6.45, 7) is 1.69. The SMILES string of the molecule is O=C(c1cccc2c1NCCC2)N1CCCS(=O)(=O)CC1. The number of sulfone groups is 1. The lowest BCUT2D eigenvalue weighted by atomic mass is 9.98. The van der Waals surface area contributed by atoms with E-state index >= 15 is 0 Å². The Hall–Kier alpha value is -1.56. The molecule has 2 aliphatic rings. The second-order valence-electron chi connectivity index (χ2n) is 5.67. The third kappa shape index (κ3) is 3.05. The topological polar surface area (TPSA) is 66.5 Å². The molecule has 0 bridgehead atoms. The van der Waals surface area contributed by atoms with Gasteiger partial charge in [-0.05, 0) is 30.9 Å². The van der Waals surface area contributed by atoms with Gasteiger partial charge < -0.3 is 10.2 Å². The zero-order chi connectivity index (χ0) is 14.9. The molecule has 0 atom stereocenters. The summed E-state index contributed by atoms with van der Waals surface area (Å²) in [6.07, 6.45) is 2.58. The number of amides is 1. The molecule has 1 amide bonds. The van der Waals surface area contributed by atoms with E-state index in [-0.39, 0.29) is 17.4 Å². The molecule has 2 heterocycles. The number of fused-ring (bicyclic) bond motifs is 1. The van der Waals surface area contributed by atoms with Gasteiger partial charge in [-0.15, -0.1) is 0 Å². The van der Waals surface area contributed by atoms with E-state index in [1.54, 1.807) is 4.90 Å². The van der Waals surface area contributed by atoms with Crippen LogP contribution in [0.25, 0.3) is 0 Å². The minimum absolute atomic E-state index is 0.0571. The lowest BCUT2D eigenvalue weighted by Crippen LogP contribution is -2.34. The van der Waals surface area contributed by atoms with Crippen LogP contribution in [0.3, 0.4) is 0 Å². The molecule has 5 nitrogen and oxygen atoms in total. The molecule has 0 radical (unpaired) electrons. The van der Waals surface area contributed by atoms with Crippen LogP contribution in [-0.2, 0) is 16.3 Å². The molecule has 1 aromatic rings. The summed E-state index contributed by atoms with van der Waals surface area (Å²) < 4.78 is 23.3. The van der Waals surface area contributed by atoms with Crippen molar-refractivity contribution in [3.63, 3.8) is 0 Å². The Balaban J connectivity index is 1.85. The number of aryl methyl sites for hydroxylation is 1. The van der Waals surface area contributed by atoms with Crippen molar-refractivity contribution < 1.29 is 13.2 Å². The van der Waals surface area contributed by atoms with Gasteiger partial charge in [0.2, 0.25) is 0 Å². The smallest absolute Gasteiger partial charge is 0.255 e. The molecule has 0 unspecified atom stereocenters. The first kappa shape index (κ1) is 14.4. The van der Waals surface area contributed by atoms with Gasteiger partial charge in [0.15, 0.2) is 9.84 Å². The Morgan fingerprint density at radius 1 is 1.14 bits per heavy atom. The summed E-state index contributed by atoms with van der Waals surface area (Å²) in [5, 5.41) is 3.32. The predicted octanol–water partition coefficient (Wildman–Crippen LogP) is 1.31. The number of carbonyl (C=O) groups excluding carboxylic acids is 1. The standard InChI is InChI=1S/C15H20N2O3S/c18-15(17-8-3-10-21(19,20)11-9-17)13-6-1-4-12-5-2-7-16-14(12)13/h1,4,6,16H,2-3,5,7-11H2. The second kappa shape index (κ2) is 5.67. The van der Waals surface area contributed by atoms with E-state index in [1.165, 1.54) is 5.56 Å². The van der Waals surface area contributed by atoms with Crippen LogP contribution in [0.1, 0.15) is 28.8 Å². The van der Waals surface area contributed by atoms with E-state index < -0.39 is 9.84 Å². The van der Waals surface area contributed by atoms with Crippen molar-refractivity contribution in [2.75, 3.05) is 36.5 Å². The summed E-state index contributed by atoms with van der Waals surface area (Å²) >= 11 is 0. The van der Waals surface area contributed by atoms with Crippen LogP contribution in [0.15, 0.2) is 18.2 Å². The van der Waals surface area contributed by atoms with E-state index in [1.807, 2.05) is 18.2 Å². The molecular formula is C15H20N2O3S. The molecule has 0 spiro atoms. The summed E-state index contributed by atoms with van der Waals surface area (Å²) in [7, 11) is -2.99. The van der Waals surface area contributed by atoms with Crippen molar-refractivity contribution in [1.29, 1.82) is 0 Å². The highest BCUT2D eigenvalue weighted by Gasteiger charge is 2.26. The molecule has 1 aromatic carbocycles. The highest BCUT2D eigenvalue weighted by molar-refractivity contribution is 7.91. The van der Waals surface area contributed by atoms with Crippen molar-refractivity contribution in [3.8, 4) is 0 Å². The molecular weight excluding hydrogens is 288 g/mol. The van der Waals surface area contributed by atoms with Gasteiger partial charge in [-0.3, -0.25) is 4.79 Å². The summed E-state index contributed by atoms with van der Waals surface area (Å²) in [5.74, 6) is 0.196. The third-order valence-electron chi connectivity index (χ3n) is 4.15. The fourth-order valence-electron chi connectivity index (χ4n) is 3.00. The number of nitrogens with one attached hydrogen (secondary N) is 1. The molecule has 21 heavy (non-hydrogen) atoms. The first-order chi connectivity index (χ1) is 10.1. The average molecular weight is 308 g/mol. The molecule has 0 saturated carbocycles. The molecule has 1 N–H and O–H groups in total. The largest absolute Gasteiger partial charge is 0.384 e. The highest BCUT2D eigenvalue weighted by Crippen LogP contribution is 2.27. The van der Waals surface area contributed by atoms with Crippen molar-refractivity contribution in [2.45, 2.75) is 19.3 Å². The monoisotopic (exact) mass is 308 g/mol. The summed E-state index contributed by atoms with van der Waals surface area (Å²) in [6, 6.07) is 5.79. The minimum Gasteiger partial charge on any atom is -0.384 e. The first-order valence-electron chi connectivity index (χ1n) is 7.42. The van der Waals surface area contributed by atoms with Gasteiger partial charge in [0.05, 0.1) is 22.8 Å². The van der Waals surface area contributed by atoms with Gasteiger partial charge in [-0.25, -0.2) is 8.42 Å². The van der Waals surface area contributed by atoms with Crippen molar-refractivity contribution >= 4 is 21.4 Å². The van der Waals surface area contributed by atoms with E-state index in [9.17, 15) is 13.2 Å². The maximum absolute atomic E-state index is 12.7. The van der Waals surface area contributed by atoms with Gasteiger partial charge in [0, 0.05) is 19.6 Å².